The standard InChI is InChI=1S/C22H11ClN2O4S/c23-11-7-8-13-16(10-11)30-22(24-13)25-18(15-6-3-9-28-15)17-19(26)12-4-1-2-5-14(12)29-20(17)21(25)27/h1-10,18H/t18-/m1/s1. The molecule has 3 aromatic heterocycles. The van der Waals surface area contributed by atoms with Gasteiger partial charge in [0.2, 0.25) is 5.76 Å². The Balaban J connectivity index is 1.64. The molecule has 0 radical (unpaired) electrons. The number of aromatic nitrogens is 1. The highest BCUT2D eigenvalue weighted by molar-refractivity contribution is 7.22. The molecule has 0 bridgehead atoms. The molecule has 1 amide bonds. The van der Waals surface area contributed by atoms with Gasteiger partial charge in [0.15, 0.2) is 10.6 Å². The summed E-state index contributed by atoms with van der Waals surface area (Å²) in [6, 6.07) is 14.9. The van der Waals surface area contributed by atoms with Crippen molar-refractivity contribution >= 4 is 55.2 Å². The lowest BCUT2D eigenvalue weighted by Crippen LogP contribution is -2.29. The molecule has 1 atom stereocenters. The van der Waals surface area contributed by atoms with E-state index in [1.165, 1.54) is 22.5 Å². The molecule has 8 heteroatoms. The van der Waals surface area contributed by atoms with Crippen LogP contribution in [0.3, 0.4) is 0 Å². The highest BCUT2D eigenvalue weighted by Crippen LogP contribution is 2.43. The largest absolute Gasteiger partial charge is 0.467 e. The van der Waals surface area contributed by atoms with Gasteiger partial charge in [0, 0.05) is 5.02 Å². The van der Waals surface area contributed by atoms with Gasteiger partial charge in [-0.25, -0.2) is 4.98 Å². The molecule has 0 unspecified atom stereocenters. The van der Waals surface area contributed by atoms with E-state index in [9.17, 15) is 9.59 Å². The molecule has 5 aromatic rings. The van der Waals surface area contributed by atoms with E-state index in [2.05, 4.69) is 4.98 Å². The van der Waals surface area contributed by atoms with Gasteiger partial charge in [-0.15, -0.1) is 0 Å². The van der Waals surface area contributed by atoms with E-state index in [0.29, 0.717) is 32.4 Å². The van der Waals surface area contributed by atoms with Crippen LogP contribution < -0.4 is 10.3 Å². The molecule has 0 spiro atoms. The van der Waals surface area contributed by atoms with Crippen molar-refractivity contribution in [1.82, 2.24) is 4.98 Å². The van der Waals surface area contributed by atoms with Gasteiger partial charge in [-0.2, -0.15) is 0 Å². The molecule has 6 nitrogen and oxygen atoms in total. The molecule has 0 fully saturated rings. The van der Waals surface area contributed by atoms with Gasteiger partial charge < -0.3 is 8.83 Å². The summed E-state index contributed by atoms with van der Waals surface area (Å²) in [7, 11) is 0. The number of halogens is 1. The van der Waals surface area contributed by atoms with Crippen molar-refractivity contribution in [2.75, 3.05) is 4.90 Å². The third-order valence-corrected chi connectivity index (χ3v) is 6.39. The van der Waals surface area contributed by atoms with Gasteiger partial charge in [0.05, 0.1) is 27.4 Å². The Morgan fingerprint density at radius 2 is 1.93 bits per heavy atom. The molecule has 0 N–H and O–H groups in total. The van der Waals surface area contributed by atoms with Gasteiger partial charge in [-0.05, 0) is 42.5 Å². The van der Waals surface area contributed by atoms with E-state index < -0.39 is 11.9 Å². The van der Waals surface area contributed by atoms with Crippen molar-refractivity contribution in [3.05, 3.63) is 93.2 Å². The predicted molar refractivity (Wildman–Crippen MR) is 114 cm³/mol. The minimum Gasteiger partial charge on any atom is -0.467 e. The van der Waals surface area contributed by atoms with E-state index in [0.717, 1.165) is 4.70 Å². The lowest BCUT2D eigenvalue weighted by Gasteiger charge is -2.19. The summed E-state index contributed by atoms with van der Waals surface area (Å²) in [4.78, 5) is 32.9. The van der Waals surface area contributed by atoms with Crippen molar-refractivity contribution in [3.8, 4) is 0 Å². The lowest BCUT2D eigenvalue weighted by molar-refractivity contribution is 0.0969. The Kier molecular flexibility index (Phi) is 3.65. The van der Waals surface area contributed by atoms with Crippen LogP contribution in [0, 0.1) is 0 Å². The normalized spacial score (nSPS) is 16.0. The number of hydrogen-bond acceptors (Lipinski definition) is 6. The second kappa shape index (κ2) is 6.29. The fourth-order valence-electron chi connectivity index (χ4n) is 3.82. The first-order chi connectivity index (χ1) is 14.6. The Hall–Kier alpha value is -3.42. The van der Waals surface area contributed by atoms with E-state index in [1.807, 2.05) is 0 Å². The van der Waals surface area contributed by atoms with Gasteiger partial charge in [0.25, 0.3) is 5.91 Å². The molecule has 146 valence electrons. The Labute approximate surface area is 177 Å². The number of carbonyl (C=O) groups excluding carboxylic acids is 1. The molecule has 1 aliphatic rings. The third kappa shape index (κ3) is 2.39. The van der Waals surface area contributed by atoms with Crippen LogP contribution in [0.2, 0.25) is 5.02 Å². The number of anilines is 1. The average molecular weight is 435 g/mol. The Morgan fingerprint density at radius 3 is 2.77 bits per heavy atom. The number of benzene rings is 2. The molecular weight excluding hydrogens is 424 g/mol. The number of amides is 1. The number of fused-ring (bicyclic) bond motifs is 3. The minimum absolute atomic E-state index is 0.0115. The minimum atomic E-state index is -0.764. The van der Waals surface area contributed by atoms with Crippen LogP contribution in [0.15, 0.2) is 74.5 Å². The SMILES string of the molecule is O=C1c2oc3ccccc3c(=O)c2[C@@H](c2ccco2)N1c1nc2ccc(Cl)cc2s1. The van der Waals surface area contributed by atoms with Crippen LogP contribution in [0.25, 0.3) is 21.2 Å². The van der Waals surface area contributed by atoms with Crippen LogP contribution in [0.4, 0.5) is 5.13 Å². The van der Waals surface area contributed by atoms with Crippen molar-refractivity contribution in [2.45, 2.75) is 6.04 Å². The maximum atomic E-state index is 13.4. The smallest absolute Gasteiger partial charge is 0.297 e. The zero-order valence-corrected chi connectivity index (χ0v) is 16.7. The molecule has 4 heterocycles. The van der Waals surface area contributed by atoms with Gasteiger partial charge >= 0.3 is 0 Å². The fourth-order valence-corrected chi connectivity index (χ4v) is 5.09. The summed E-state index contributed by atoms with van der Waals surface area (Å²) in [6.07, 6.45) is 1.51. The molecule has 0 saturated heterocycles. The highest BCUT2D eigenvalue weighted by Gasteiger charge is 2.46. The van der Waals surface area contributed by atoms with Crippen LogP contribution >= 0.6 is 22.9 Å². The van der Waals surface area contributed by atoms with Crippen molar-refractivity contribution in [2.24, 2.45) is 0 Å². The van der Waals surface area contributed by atoms with Gasteiger partial charge in [-0.1, -0.05) is 35.1 Å². The van der Waals surface area contributed by atoms with Crippen LogP contribution in [0.1, 0.15) is 27.9 Å². The number of furan rings is 1. The van der Waals surface area contributed by atoms with Gasteiger partial charge in [-0.3, -0.25) is 14.5 Å². The Morgan fingerprint density at radius 1 is 1.07 bits per heavy atom. The molecule has 0 saturated carbocycles. The zero-order valence-electron chi connectivity index (χ0n) is 15.2. The molecule has 6 rings (SSSR count). The molecule has 1 aliphatic heterocycles. The second-order valence-corrected chi connectivity index (χ2v) is 8.32. The number of hydrogen-bond donors (Lipinski definition) is 0. The number of nitrogens with zero attached hydrogens (tertiary/aromatic N) is 2. The third-order valence-electron chi connectivity index (χ3n) is 5.14. The van der Waals surface area contributed by atoms with Gasteiger partial charge in [0.1, 0.15) is 17.4 Å². The molecular formula is C22H11ClN2O4S. The quantitative estimate of drug-likeness (QED) is 0.372. The predicted octanol–water partition coefficient (Wildman–Crippen LogP) is 5.40. The number of para-hydroxylation sites is 1. The first kappa shape index (κ1) is 17.4. The van der Waals surface area contributed by atoms with Crippen molar-refractivity contribution in [3.63, 3.8) is 0 Å². The summed E-state index contributed by atoms with van der Waals surface area (Å²) in [6.45, 7) is 0. The van der Waals surface area contributed by atoms with E-state index in [-0.39, 0.29) is 16.8 Å². The summed E-state index contributed by atoms with van der Waals surface area (Å²) < 4.78 is 12.3. The summed E-state index contributed by atoms with van der Waals surface area (Å²) >= 11 is 7.43. The Bertz CT molecular complexity index is 1520. The van der Waals surface area contributed by atoms with Crippen molar-refractivity contribution in [1.29, 1.82) is 0 Å². The zero-order chi connectivity index (χ0) is 20.4. The van der Waals surface area contributed by atoms with Crippen LogP contribution in [-0.2, 0) is 0 Å². The topological polar surface area (TPSA) is 76.6 Å². The molecule has 2 aromatic carbocycles. The van der Waals surface area contributed by atoms with E-state index >= 15 is 0 Å². The first-order valence-electron chi connectivity index (χ1n) is 9.10. The highest BCUT2D eigenvalue weighted by atomic mass is 35.5. The number of carbonyl (C=O) groups is 1. The monoisotopic (exact) mass is 434 g/mol. The first-order valence-corrected chi connectivity index (χ1v) is 10.3. The summed E-state index contributed by atoms with van der Waals surface area (Å²) in [5, 5.41) is 1.44. The summed E-state index contributed by atoms with van der Waals surface area (Å²) in [5.41, 5.74) is 1.08. The summed E-state index contributed by atoms with van der Waals surface area (Å²) in [5.74, 6) is 0.0405. The maximum absolute atomic E-state index is 13.4. The lowest BCUT2D eigenvalue weighted by atomic mass is 10.0. The molecule has 0 aliphatic carbocycles. The van der Waals surface area contributed by atoms with Crippen LogP contribution in [-0.4, -0.2) is 10.9 Å². The maximum Gasteiger partial charge on any atom is 0.297 e. The van der Waals surface area contributed by atoms with E-state index in [4.69, 9.17) is 20.4 Å². The number of rotatable bonds is 2. The van der Waals surface area contributed by atoms with Crippen LogP contribution in [0.5, 0.6) is 0 Å². The van der Waals surface area contributed by atoms with E-state index in [1.54, 1.807) is 54.6 Å². The average Bonchev–Trinajstić information content (AvgIpc) is 3.46. The molecule has 30 heavy (non-hydrogen) atoms. The number of thiazole rings is 1. The fraction of sp³-hybridized carbons (Fsp3) is 0.0455. The van der Waals surface area contributed by atoms with Crippen molar-refractivity contribution < 1.29 is 13.6 Å². The second-order valence-electron chi connectivity index (χ2n) is 6.87.